The van der Waals surface area contributed by atoms with E-state index in [1.807, 2.05) is 26.0 Å². The predicted octanol–water partition coefficient (Wildman–Crippen LogP) is 3.33. The van der Waals surface area contributed by atoms with Gasteiger partial charge in [-0.2, -0.15) is 5.10 Å². The first kappa shape index (κ1) is 13.4. The highest BCUT2D eigenvalue weighted by atomic mass is 35.5. The van der Waals surface area contributed by atoms with Crippen molar-refractivity contribution in [1.29, 1.82) is 0 Å². The van der Waals surface area contributed by atoms with Gasteiger partial charge in [0.25, 0.3) is 0 Å². The fraction of sp³-hybridized carbons (Fsp3) is 0.143. The quantitative estimate of drug-likeness (QED) is 0.844. The van der Waals surface area contributed by atoms with Crippen LogP contribution in [-0.4, -0.2) is 16.1 Å². The molecule has 0 aliphatic carbocycles. The van der Waals surface area contributed by atoms with Crippen molar-refractivity contribution in [2.45, 2.75) is 13.8 Å². The second-order valence-corrected chi connectivity index (χ2v) is 4.62. The number of anilines is 1. The Hall–Kier alpha value is -2.07. The summed E-state index contributed by atoms with van der Waals surface area (Å²) in [5.41, 5.74) is 3.25. The van der Waals surface area contributed by atoms with Crippen LogP contribution in [0.4, 0.5) is 5.69 Å². The van der Waals surface area contributed by atoms with Crippen molar-refractivity contribution in [1.82, 2.24) is 10.2 Å². The summed E-state index contributed by atoms with van der Waals surface area (Å²) in [7, 11) is 0. The molecule has 5 heteroatoms. The van der Waals surface area contributed by atoms with E-state index in [4.69, 9.17) is 11.6 Å². The third kappa shape index (κ3) is 3.45. The highest BCUT2D eigenvalue weighted by molar-refractivity contribution is 6.30. The Bertz CT molecular complexity index is 595. The summed E-state index contributed by atoms with van der Waals surface area (Å²) >= 11 is 5.79. The van der Waals surface area contributed by atoms with E-state index in [1.165, 1.54) is 6.08 Å². The van der Waals surface area contributed by atoms with Gasteiger partial charge in [-0.05, 0) is 37.6 Å². The normalized spacial score (nSPS) is 10.9. The van der Waals surface area contributed by atoms with Crippen molar-refractivity contribution in [3.63, 3.8) is 0 Å². The summed E-state index contributed by atoms with van der Waals surface area (Å²) in [5, 5.41) is 10.3. The molecule has 1 aromatic carbocycles. The van der Waals surface area contributed by atoms with Gasteiger partial charge in [-0.1, -0.05) is 23.7 Å². The van der Waals surface area contributed by atoms with Gasteiger partial charge in [0, 0.05) is 11.1 Å². The number of benzene rings is 1. The van der Waals surface area contributed by atoms with Crippen LogP contribution in [0, 0.1) is 13.8 Å². The van der Waals surface area contributed by atoms with Gasteiger partial charge in [0.2, 0.25) is 5.91 Å². The monoisotopic (exact) mass is 275 g/mol. The number of nitrogens with one attached hydrogen (secondary N) is 2. The van der Waals surface area contributed by atoms with E-state index < -0.39 is 0 Å². The molecule has 2 aromatic rings. The van der Waals surface area contributed by atoms with Gasteiger partial charge in [0.05, 0.1) is 17.1 Å². The molecule has 0 saturated heterocycles. The van der Waals surface area contributed by atoms with Crippen molar-refractivity contribution in [2.75, 3.05) is 5.32 Å². The molecule has 0 spiro atoms. The lowest BCUT2D eigenvalue weighted by molar-refractivity contribution is -0.111. The zero-order valence-corrected chi connectivity index (χ0v) is 11.5. The van der Waals surface area contributed by atoms with Gasteiger partial charge in [-0.25, -0.2) is 0 Å². The van der Waals surface area contributed by atoms with E-state index in [-0.39, 0.29) is 5.91 Å². The maximum Gasteiger partial charge on any atom is 0.248 e. The second kappa shape index (κ2) is 5.71. The molecule has 1 heterocycles. The second-order valence-electron chi connectivity index (χ2n) is 4.18. The molecule has 0 bridgehead atoms. The standard InChI is InChI=1S/C14H14ClN3O/c1-9-14(10(2)18-17-9)16-13(19)8-5-11-3-6-12(15)7-4-11/h3-8H,1-2H3,(H,16,19)(H,17,18)/b8-5+. The Morgan fingerprint density at radius 3 is 2.58 bits per heavy atom. The van der Waals surface area contributed by atoms with Crippen molar-refractivity contribution in [3.05, 3.63) is 52.3 Å². The molecule has 98 valence electrons. The topological polar surface area (TPSA) is 57.8 Å². The molecule has 0 aliphatic heterocycles. The molecule has 0 atom stereocenters. The maximum absolute atomic E-state index is 11.8. The molecule has 19 heavy (non-hydrogen) atoms. The van der Waals surface area contributed by atoms with Crippen molar-refractivity contribution >= 4 is 29.3 Å². The fourth-order valence-corrected chi connectivity index (χ4v) is 1.77. The van der Waals surface area contributed by atoms with Crippen LogP contribution in [0.3, 0.4) is 0 Å². The van der Waals surface area contributed by atoms with E-state index >= 15 is 0 Å². The largest absolute Gasteiger partial charge is 0.319 e. The SMILES string of the molecule is Cc1n[nH]c(C)c1NC(=O)/C=C/c1ccc(Cl)cc1. The number of H-pyrrole nitrogens is 1. The number of hydrogen-bond acceptors (Lipinski definition) is 2. The summed E-state index contributed by atoms with van der Waals surface area (Å²) in [4.78, 5) is 11.8. The molecule has 2 rings (SSSR count). The zero-order chi connectivity index (χ0) is 13.8. The molecule has 4 nitrogen and oxygen atoms in total. The smallest absolute Gasteiger partial charge is 0.248 e. The molecule has 0 saturated carbocycles. The van der Waals surface area contributed by atoms with Crippen molar-refractivity contribution in [3.8, 4) is 0 Å². The van der Waals surface area contributed by atoms with E-state index in [0.29, 0.717) is 5.02 Å². The third-order valence-electron chi connectivity index (χ3n) is 2.67. The minimum atomic E-state index is -0.192. The number of aryl methyl sites for hydroxylation is 2. The maximum atomic E-state index is 11.8. The predicted molar refractivity (Wildman–Crippen MR) is 77.2 cm³/mol. The number of carbonyl (C=O) groups excluding carboxylic acids is 1. The van der Waals surface area contributed by atoms with Crippen LogP contribution < -0.4 is 5.32 Å². The molecule has 0 fully saturated rings. The summed E-state index contributed by atoms with van der Waals surface area (Å²) in [6.45, 7) is 3.69. The number of hydrogen-bond donors (Lipinski definition) is 2. The van der Waals surface area contributed by atoms with Crippen LogP contribution in [-0.2, 0) is 4.79 Å². The number of halogens is 1. The number of amides is 1. The fourth-order valence-electron chi connectivity index (χ4n) is 1.65. The Morgan fingerprint density at radius 1 is 1.32 bits per heavy atom. The number of nitrogens with zero attached hydrogens (tertiary/aromatic N) is 1. The first-order valence-electron chi connectivity index (χ1n) is 5.82. The minimum Gasteiger partial charge on any atom is -0.319 e. The summed E-state index contributed by atoms with van der Waals surface area (Å²) in [5.74, 6) is -0.192. The molecule has 0 aliphatic rings. The Balaban J connectivity index is 2.04. The Morgan fingerprint density at radius 2 is 2.00 bits per heavy atom. The summed E-state index contributed by atoms with van der Waals surface area (Å²) in [6, 6.07) is 7.26. The molecule has 1 amide bonds. The van der Waals surface area contributed by atoms with Gasteiger partial charge >= 0.3 is 0 Å². The van der Waals surface area contributed by atoms with Crippen molar-refractivity contribution < 1.29 is 4.79 Å². The summed E-state index contributed by atoms with van der Waals surface area (Å²) in [6.07, 6.45) is 3.21. The van der Waals surface area contributed by atoms with E-state index in [9.17, 15) is 4.79 Å². The zero-order valence-electron chi connectivity index (χ0n) is 10.7. The molecular weight excluding hydrogens is 262 g/mol. The number of aromatic nitrogens is 2. The van der Waals surface area contributed by atoms with E-state index in [2.05, 4.69) is 15.5 Å². The number of rotatable bonds is 3. The summed E-state index contributed by atoms with van der Waals surface area (Å²) < 4.78 is 0. The van der Waals surface area contributed by atoms with Gasteiger partial charge < -0.3 is 5.32 Å². The highest BCUT2D eigenvalue weighted by Crippen LogP contribution is 2.16. The first-order chi connectivity index (χ1) is 9.06. The average Bonchev–Trinajstić information content (AvgIpc) is 2.70. The Labute approximate surface area is 116 Å². The van der Waals surface area contributed by atoms with Crippen LogP contribution in [0.2, 0.25) is 5.02 Å². The lowest BCUT2D eigenvalue weighted by Crippen LogP contribution is -2.09. The number of carbonyl (C=O) groups is 1. The van der Waals surface area contributed by atoms with E-state index in [1.54, 1.807) is 18.2 Å². The first-order valence-corrected chi connectivity index (χ1v) is 6.20. The van der Waals surface area contributed by atoms with Gasteiger partial charge in [-0.3, -0.25) is 9.89 Å². The highest BCUT2D eigenvalue weighted by Gasteiger charge is 2.07. The van der Waals surface area contributed by atoms with Crippen LogP contribution in [0.25, 0.3) is 6.08 Å². The van der Waals surface area contributed by atoms with Crippen LogP contribution >= 0.6 is 11.6 Å². The molecule has 2 N–H and O–H groups in total. The lowest BCUT2D eigenvalue weighted by atomic mass is 10.2. The van der Waals surface area contributed by atoms with Crippen LogP contribution in [0.1, 0.15) is 17.0 Å². The van der Waals surface area contributed by atoms with Crippen LogP contribution in [0.5, 0.6) is 0 Å². The van der Waals surface area contributed by atoms with Gasteiger partial charge in [0.1, 0.15) is 0 Å². The van der Waals surface area contributed by atoms with Gasteiger partial charge in [-0.15, -0.1) is 0 Å². The minimum absolute atomic E-state index is 0.192. The van der Waals surface area contributed by atoms with E-state index in [0.717, 1.165) is 22.6 Å². The third-order valence-corrected chi connectivity index (χ3v) is 2.93. The molecular formula is C14H14ClN3O. The average molecular weight is 276 g/mol. The van der Waals surface area contributed by atoms with Crippen molar-refractivity contribution in [2.24, 2.45) is 0 Å². The number of aromatic amines is 1. The molecule has 0 radical (unpaired) electrons. The lowest BCUT2D eigenvalue weighted by Gasteiger charge is -2.01. The van der Waals surface area contributed by atoms with Gasteiger partial charge in [0.15, 0.2) is 0 Å². The Kier molecular flexibility index (Phi) is 4.02. The van der Waals surface area contributed by atoms with Crippen LogP contribution in [0.15, 0.2) is 30.3 Å². The molecule has 0 unspecified atom stereocenters. The molecule has 1 aromatic heterocycles.